The van der Waals surface area contributed by atoms with Crippen molar-refractivity contribution in [3.63, 3.8) is 0 Å². The largest absolute Gasteiger partial charge is 0.393 e. The van der Waals surface area contributed by atoms with E-state index in [1.807, 2.05) is 30.3 Å². The van der Waals surface area contributed by atoms with Gasteiger partial charge in [-0.2, -0.15) is 0 Å². The zero-order valence-corrected chi connectivity index (χ0v) is 12.1. The predicted molar refractivity (Wildman–Crippen MR) is 82.1 cm³/mol. The zero-order chi connectivity index (χ0) is 15.1. The second-order valence-electron chi connectivity index (χ2n) is 5.14. The van der Waals surface area contributed by atoms with Crippen LogP contribution >= 0.6 is 0 Å². The van der Waals surface area contributed by atoms with Gasteiger partial charge in [0.25, 0.3) is 5.91 Å². The Balaban J connectivity index is 2.01. The number of rotatable bonds is 6. The first kappa shape index (κ1) is 15.2. The molecule has 2 unspecified atom stereocenters. The van der Waals surface area contributed by atoms with Crippen molar-refractivity contribution < 1.29 is 9.90 Å². The normalized spacial score (nSPS) is 13.4. The highest BCUT2D eigenvalue weighted by atomic mass is 16.3. The van der Waals surface area contributed by atoms with E-state index in [4.69, 9.17) is 0 Å². The molecule has 110 valence electrons. The monoisotopic (exact) mass is 284 g/mol. The van der Waals surface area contributed by atoms with Crippen LogP contribution in [0.15, 0.2) is 54.9 Å². The summed E-state index contributed by atoms with van der Waals surface area (Å²) in [6.45, 7) is 2.26. The van der Waals surface area contributed by atoms with Crippen molar-refractivity contribution >= 4 is 5.91 Å². The average molecular weight is 284 g/mol. The van der Waals surface area contributed by atoms with E-state index >= 15 is 0 Å². The predicted octanol–water partition coefficient (Wildman–Crippen LogP) is 2.37. The van der Waals surface area contributed by atoms with E-state index in [0.29, 0.717) is 18.5 Å². The molecule has 0 aliphatic heterocycles. The molecule has 0 radical (unpaired) electrons. The molecule has 4 heteroatoms. The Bertz CT molecular complexity index is 556. The summed E-state index contributed by atoms with van der Waals surface area (Å²) < 4.78 is 0. The van der Waals surface area contributed by atoms with Crippen molar-refractivity contribution in [1.29, 1.82) is 0 Å². The van der Waals surface area contributed by atoms with E-state index in [9.17, 15) is 9.90 Å². The molecule has 0 spiro atoms. The Morgan fingerprint density at radius 3 is 2.48 bits per heavy atom. The third kappa shape index (κ3) is 4.68. The summed E-state index contributed by atoms with van der Waals surface area (Å²) in [6.07, 6.45) is 3.40. The molecule has 21 heavy (non-hydrogen) atoms. The highest BCUT2D eigenvalue weighted by molar-refractivity contribution is 5.93. The summed E-state index contributed by atoms with van der Waals surface area (Å²) in [5.41, 5.74) is 1.71. The fraction of sp³-hybridized carbons (Fsp3) is 0.294. The number of aromatic nitrogens is 1. The second kappa shape index (κ2) is 7.55. The number of aliphatic hydroxyl groups is 1. The number of benzene rings is 1. The van der Waals surface area contributed by atoms with Crippen molar-refractivity contribution in [1.82, 2.24) is 10.3 Å². The number of nitrogens with one attached hydrogen (secondary N) is 1. The lowest BCUT2D eigenvalue weighted by molar-refractivity contribution is 0.0945. The number of carbonyl (C=O) groups is 1. The molecular weight excluding hydrogens is 264 g/mol. The molecule has 2 N–H and O–H groups in total. The van der Waals surface area contributed by atoms with Crippen LogP contribution in [0.3, 0.4) is 0 Å². The van der Waals surface area contributed by atoms with Crippen molar-refractivity contribution in [3.05, 3.63) is 66.0 Å². The molecule has 1 aromatic carbocycles. The fourth-order valence-electron chi connectivity index (χ4n) is 2.30. The van der Waals surface area contributed by atoms with Crippen LogP contribution in [0.25, 0.3) is 0 Å². The van der Waals surface area contributed by atoms with Crippen LogP contribution in [0.1, 0.15) is 35.2 Å². The number of hydrogen-bond donors (Lipinski definition) is 2. The van der Waals surface area contributed by atoms with E-state index in [1.165, 1.54) is 0 Å². The lowest BCUT2D eigenvalue weighted by Crippen LogP contribution is -2.29. The maximum atomic E-state index is 12.1. The van der Waals surface area contributed by atoms with Gasteiger partial charge >= 0.3 is 0 Å². The number of nitrogens with zero attached hydrogens (tertiary/aromatic N) is 1. The van der Waals surface area contributed by atoms with Crippen LogP contribution in [0.2, 0.25) is 0 Å². The quantitative estimate of drug-likeness (QED) is 0.856. The molecule has 1 heterocycles. The zero-order valence-electron chi connectivity index (χ0n) is 12.1. The maximum Gasteiger partial charge on any atom is 0.251 e. The van der Waals surface area contributed by atoms with E-state index in [2.05, 4.69) is 10.3 Å². The van der Waals surface area contributed by atoms with Gasteiger partial charge in [-0.05, 0) is 31.0 Å². The third-order valence-corrected chi connectivity index (χ3v) is 3.35. The summed E-state index contributed by atoms with van der Waals surface area (Å²) in [7, 11) is 0. The van der Waals surface area contributed by atoms with Gasteiger partial charge < -0.3 is 10.4 Å². The van der Waals surface area contributed by atoms with Crippen molar-refractivity contribution in [3.8, 4) is 0 Å². The average Bonchev–Trinajstić information content (AvgIpc) is 2.52. The molecule has 1 amide bonds. The first-order valence-corrected chi connectivity index (χ1v) is 7.08. The fourth-order valence-corrected chi connectivity index (χ4v) is 2.30. The Labute approximate surface area is 124 Å². The van der Waals surface area contributed by atoms with Crippen LogP contribution < -0.4 is 5.32 Å². The molecular formula is C17H20N2O2. The molecule has 0 aliphatic rings. The molecule has 0 saturated heterocycles. The van der Waals surface area contributed by atoms with Gasteiger partial charge in [0.2, 0.25) is 0 Å². The summed E-state index contributed by atoms with van der Waals surface area (Å²) in [5, 5.41) is 12.6. The van der Waals surface area contributed by atoms with Crippen molar-refractivity contribution in [2.45, 2.75) is 25.4 Å². The van der Waals surface area contributed by atoms with Gasteiger partial charge in [0.15, 0.2) is 0 Å². The van der Waals surface area contributed by atoms with Gasteiger partial charge in [0.1, 0.15) is 0 Å². The van der Waals surface area contributed by atoms with Crippen LogP contribution in [-0.2, 0) is 0 Å². The summed E-state index contributed by atoms with van der Waals surface area (Å²) in [5.74, 6) is -0.0269. The molecule has 1 aromatic heterocycles. The van der Waals surface area contributed by atoms with Crippen molar-refractivity contribution in [2.24, 2.45) is 0 Å². The topological polar surface area (TPSA) is 62.2 Å². The third-order valence-electron chi connectivity index (χ3n) is 3.35. The molecule has 0 bridgehead atoms. The second-order valence-corrected chi connectivity index (χ2v) is 5.14. The van der Waals surface area contributed by atoms with Crippen molar-refractivity contribution in [2.75, 3.05) is 6.54 Å². The van der Waals surface area contributed by atoms with E-state index in [1.54, 1.807) is 31.5 Å². The smallest absolute Gasteiger partial charge is 0.251 e. The Morgan fingerprint density at radius 2 is 1.86 bits per heavy atom. The number of carbonyl (C=O) groups excluding carboxylic acids is 1. The Kier molecular flexibility index (Phi) is 5.46. The molecule has 2 aromatic rings. The van der Waals surface area contributed by atoms with Crippen LogP contribution in [0.5, 0.6) is 0 Å². The number of amides is 1. The highest BCUT2D eigenvalue weighted by Crippen LogP contribution is 2.20. The van der Waals surface area contributed by atoms with Crippen LogP contribution in [0, 0.1) is 0 Å². The van der Waals surface area contributed by atoms with Gasteiger partial charge in [-0.15, -0.1) is 0 Å². The summed E-state index contributed by atoms with van der Waals surface area (Å²) in [4.78, 5) is 16.0. The number of aliphatic hydroxyl groups excluding tert-OH is 1. The molecule has 2 rings (SSSR count). The minimum Gasteiger partial charge on any atom is -0.393 e. The Morgan fingerprint density at radius 1 is 1.19 bits per heavy atom. The van der Waals surface area contributed by atoms with E-state index < -0.39 is 6.10 Å². The van der Waals surface area contributed by atoms with Gasteiger partial charge in [-0.1, -0.05) is 30.3 Å². The first-order valence-electron chi connectivity index (χ1n) is 7.08. The van der Waals surface area contributed by atoms with Crippen LogP contribution in [0.4, 0.5) is 0 Å². The summed E-state index contributed by atoms with van der Waals surface area (Å²) >= 11 is 0. The number of hydrogen-bond acceptors (Lipinski definition) is 3. The molecule has 2 atom stereocenters. The van der Waals surface area contributed by atoms with Gasteiger partial charge in [-0.3, -0.25) is 9.78 Å². The van der Waals surface area contributed by atoms with Gasteiger partial charge in [0, 0.05) is 30.4 Å². The lowest BCUT2D eigenvalue weighted by atomic mass is 9.93. The van der Waals surface area contributed by atoms with Gasteiger partial charge in [-0.25, -0.2) is 0 Å². The molecule has 0 fully saturated rings. The molecule has 4 nitrogen and oxygen atoms in total. The first-order chi connectivity index (χ1) is 10.2. The number of pyridine rings is 1. The van der Waals surface area contributed by atoms with Gasteiger partial charge in [0.05, 0.1) is 6.10 Å². The summed E-state index contributed by atoms with van der Waals surface area (Å²) in [6, 6.07) is 13.3. The van der Waals surface area contributed by atoms with Crippen LogP contribution in [-0.4, -0.2) is 28.6 Å². The maximum absolute atomic E-state index is 12.1. The molecule has 0 saturated carbocycles. The lowest BCUT2D eigenvalue weighted by Gasteiger charge is -2.19. The molecule has 0 aliphatic carbocycles. The SMILES string of the molecule is CC(O)CC(CNC(=O)c1ccncc1)c1ccccc1. The highest BCUT2D eigenvalue weighted by Gasteiger charge is 2.15. The van der Waals surface area contributed by atoms with E-state index in [-0.39, 0.29) is 11.8 Å². The standard InChI is InChI=1S/C17H20N2O2/c1-13(20)11-16(14-5-3-2-4-6-14)12-19-17(21)15-7-9-18-10-8-15/h2-10,13,16,20H,11-12H2,1H3,(H,19,21). The minimum atomic E-state index is -0.409. The minimum absolute atomic E-state index is 0.0944. The van der Waals surface area contributed by atoms with E-state index in [0.717, 1.165) is 5.56 Å². The Hall–Kier alpha value is -2.20.